The lowest BCUT2D eigenvalue weighted by molar-refractivity contribution is 0.653. The van der Waals surface area contributed by atoms with E-state index in [4.69, 9.17) is 4.42 Å². The third-order valence-corrected chi connectivity index (χ3v) is 13.2. The van der Waals surface area contributed by atoms with Gasteiger partial charge in [-0.2, -0.15) is 0 Å². The second-order valence-electron chi connectivity index (χ2n) is 16.9. The Morgan fingerprint density at radius 1 is 0.393 bits per heavy atom. The number of benzene rings is 8. The van der Waals surface area contributed by atoms with Crippen molar-refractivity contribution >= 4 is 43.7 Å². The molecule has 2 aliphatic carbocycles. The lowest BCUT2D eigenvalue weighted by Crippen LogP contribution is -2.14. The molecule has 2 aromatic heterocycles. The Kier molecular flexibility index (Phi) is 6.22. The quantitative estimate of drug-likeness (QED) is 0.178. The summed E-state index contributed by atoms with van der Waals surface area (Å²) in [6, 6.07) is 60.8. The average Bonchev–Trinajstić information content (AvgIpc) is 3.91. The minimum atomic E-state index is -0.164. The summed E-state index contributed by atoms with van der Waals surface area (Å²) < 4.78 is 9.00. The molecule has 2 nitrogen and oxygen atoms in total. The summed E-state index contributed by atoms with van der Waals surface area (Å²) in [6.45, 7) is 9.42. The van der Waals surface area contributed by atoms with Crippen LogP contribution in [0.1, 0.15) is 49.9 Å². The first-order valence-corrected chi connectivity index (χ1v) is 19.8. The standard InChI is InChI=1S/C54H39NO/c1-53(2)44-16-10-8-14-37(44)38-22-18-33(29-46(38)53)32-21-27-48-43(28-32)39-23-19-35(31-49(39)55(48)36-12-6-5-7-13-36)34-20-24-42-47(30-34)54(3,4)45-26-25-41-40-15-9-11-17-50(40)56-52(41)51(42)45/h5-31H,1-4H3. The summed E-state index contributed by atoms with van der Waals surface area (Å²) in [5.41, 5.74) is 20.9. The Morgan fingerprint density at radius 2 is 1.00 bits per heavy atom. The maximum Gasteiger partial charge on any atom is 0.143 e. The van der Waals surface area contributed by atoms with Gasteiger partial charge in [0.1, 0.15) is 11.2 Å². The van der Waals surface area contributed by atoms with Gasteiger partial charge in [-0.3, -0.25) is 0 Å². The van der Waals surface area contributed by atoms with Crippen LogP contribution in [0.15, 0.2) is 168 Å². The van der Waals surface area contributed by atoms with Gasteiger partial charge in [-0.15, -0.1) is 0 Å². The van der Waals surface area contributed by atoms with E-state index in [-0.39, 0.29) is 10.8 Å². The number of furan rings is 1. The predicted octanol–water partition coefficient (Wildman–Crippen LogP) is 14.6. The van der Waals surface area contributed by atoms with Gasteiger partial charge in [-0.1, -0.05) is 143 Å². The maximum absolute atomic E-state index is 6.57. The van der Waals surface area contributed by atoms with Gasteiger partial charge >= 0.3 is 0 Å². The zero-order chi connectivity index (χ0) is 37.5. The van der Waals surface area contributed by atoms with Gasteiger partial charge in [0.05, 0.1) is 11.0 Å². The van der Waals surface area contributed by atoms with Crippen LogP contribution in [0.2, 0.25) is 0 Å². The first-order chi connectivity index (χ1) is 27.3. The molecule has 0 N–H and O–H groups in total. The third-order valence-electron chi connectivity index (χ3n) is 13.2. The van der Waals surface area contributed by atoms with Crippen LogP contribution in [0.25, 0.3) is 93.9 Å². The van der Waals surface area contributed by atoms with Crippen molar-refractivity contribution in [3.63, 3.8) is 0 Å². The van der Waals surface area contributed by atoms with Crippen molar-refractivity contribution in [2.24, 2.45) is 0 Å². The monoisotopic (exact) mass is 717 g/mol. The van der Waals surface area contributed by atoms with Crippen molar-refractivity contribution in [2.75, 3.05) is 0 Å². The molecule has 12 rings (SSSR count). The minimum absolute atomic E-state index is 0.0407. The second-order valence-corrected chi connectivity index (χ2v) is 16.9. The van der Waals surface area contributed by atoms with E-state index in [2.05, 4.69) is 196 Å². The van der Waals surface area contributed by atoms with Crippen LogP contribution in [-0.4, -0.2) is 4.57 Å². The molecule has 0 atom stereocenters. The molecule has 0 radical (unpaired) electrons. The lowest BCUT2D eigenvalue weighted by Gasteiger charge is -2.22. The summed E-state index contributed by atoms with van der Waals surface area (Å²) in [7, 11) is 0. The van der Waals surface area contributed by atoms with E-state index in [1.54, 1.807) is 0 Å². The van der Waals surface area contributed by atoms with Crippen molar-refractivity contribution in [1.29, 1.82) is 0 Å². The number of fused-ring (bicyclic) bond motifs is 13. The summed E-state index contributed by atoms with van der Waals surface area (Å²) >= 11 is 0. The topological polar surface area (TPSA) is 18.1 Å². The highest BCUT2D eigenvalue weighted by molar-refractivity contribution is 6.13. The summed E-state index contributed by atoms with van der Waals surface area (Å²) in [5.74, 6) is 0. The first-order valence-electron chi connectivity index (χ1n) is 19.8. The largest absolute Gasteiger partial charge is 0.455 e. The normalized spacial score (nSPS) is 14.7. The summed E-state index contributed by atoms with van der Waals surface area (Å²) in [4.78, 5) is 0. The van der Waals surface area contributed by atoms with Crippen molar-refractivity contribution in [3.8, 4) is 50.2 Å². The van der Waals surface area contributed by atoms with Crippen molar-refractivity contribution in [2.45, 2.75) is 38.5 Å². The highest BCUT2D eigenvalue weighted by Gasteiger charge is 2.38. The fraction of sp³-hybridized carbons (Fsp3) is 0.111. The van der Waals surface area contributed by atoms with Crippen LogP contribution < -0.4 is 0 Å². The van der Waals surface area contributed by atoms with Crippen molar-refractivity contribution < 1.29 is 4.42 Å². The van der Waals surface area contributed by atoms with E-state index in [9.17, 15) is 0 Å². The van der Waals surface area contributed by atoms with Crippen molar-refractivity contribution in [1.82, 2.24) is 4.57 Å². The Bertz CT molecular complexity index is 3300. The molecule has 2 heteroatoms. The molecule has 0 bridgehead atoms. The Morgan fingerprint density at radius 3 is 1.84 bits per heavy atom. The van der Waals surface area contributed by atoms with Crippen LogP contribution in [0, 0.1) is 0 Å². The van der Waals surface area contributed by atoms with Gasteiger partial charge in [0.15, 0.2) is 0 Å². The highest BCUT2D eigenvalue weighted by Crippen LogP contribution is 2.54. The Labute approximate surface area is 326 Å². The molecule has 266 valence electrons. The van der Waals surface area contributed by atoms with E-state index < -0.39 is 0 Å². The fourth-order valence-corrected chi connectivity index (χ4v) is 10.3. The summed E-state index contributed by atoms with van der Waals surface area (Å²) in [5, 5.41) is 4.87. The second kappa shape index (κ2) is 11.0. The maximum atomic E-state index is 6.57. The number of nitrogens with zero attached hydrogens (tertiary/aromatic N) is 1. The van der Waals surface area contributed by atoms with Gasteiger partial charge < -0.3 is 8.98 Å². The molecule has 56 heavy (non-hydrogen) atoms. The molecule has 0 amide bonds. The lowest BCUT2D eigenvalue weighted by atomic mass is 9.81. The van der Waals surface area contributed by atoms with Gasteiger partial charge in [0.2, 0.25) is 0 Å². The molecule has 0 aliphatic heterocycles. The molecule has 0 saturated carbocycles. The number of rotatable bonds is 3. The highest BCUT2D eigenvalue weighted by atomic mass is 16.3. The van der Waals surface area contributed by atoms with Gasteiger partial charge in [0.25, 0.3) is 0 Å². The van der Waals surface area contributed by atoms with E-state index in [1.165, 1.54) is 99.3 Å². The molecular formula is C54H39NO. The predicted molar refractivity (Wildman–Crippen MR) is 234 cm³/mol. The number of aromatic nitrogens is 1. The number of para-hydroxylation sites is 2. The fourth-order valence-electron chi connectivity index (χ4n) is 10.3. The SMILES string of the molecule is CC1(C)c2ccccc2-c2ccc(-c3ccc4c(c3)c3ccc(-c5ccc6c(c5)C(C)(C)c5ccc7c(oc8ccccc87)c5-6)cc3n4-c3ccccc3)cc21. The molecule has 0 spiro atoms. The van der Waals surface area contributed by atoms with Crippen LogP contribution >= 0.6 is 0 Å². The molecule has 8 aromatic carbocycles. The van der Waals surface area contributed by atoms with E-state index in [0.717, 1.165) is 16.9 Å². The van der Waals surface area contributed by atoms with Crippen molar-refractivity contribution in [3.05, 3.63) is 186 Å². The average molecular weight is 718 g/mol. The number of hydrogen-bond acceptors (Lipinski definition) is 1. The third kappa shape index (κ3) is 4.16. The van der Waals surface area contributed by atoms with Gasteiger partial charge in [0, 0.05) is 43.6 Å². The van der Waals surface area contributed by atoms with Crippen LogP contribution in [0.5, 0.6) is 0 Å². The summed E-state index contributed by atoms with van der Waals surface area (Å²) in [6.07, 6.45) is 0. The molecule has 0 fully saturated rings. The molecule has 0 saturated heterocycles. The zero-order valence-electron chi connectivity index (χ0n) is 31.9. The van der Waals surface area contributed by atoms with Crippen LogP contribution in [-0.2, 0) is 10.8 Å². The van der Waals surface area contributed by atoms with E-state index in [1.807, 2.05) is 0 Å². The molecule has 2 aliphatic rings. The Balaban J connectivity index is 1.01. The van der Waals surface area contributed by atoms with Gasteiger partial charge in [-0.25, -0.2) is 0 Å². The van der Waals surface area contributed by atoms with Crippen LogP contribution in [0.4, 0.5) is 0 Å². The minimum Gasteiger partial charge on any atom is -0.455 e. The number of hydrogen-bond donors (Lipinski definition) is 0. The zero-order valence-corrected chi connectivity index (χ0v) is 31.9. The Hall–Kier alpha value is -6.64. The molecule has 0 unspecified atom stereocenters. The molecular weight excluding hydrogens is 679 g/mol. The van der Waals surface area contributed by atoms with E-state index >= 15 is 0 Å². The first kappa shape index (κ1) is 31.7. The molecule has 10 aromatic rings. The van der Waals surface area contributed by atoms with Gasteiger partial charge in [-0.05, 0) is 110 Å². The smallest absolute Gasteiger partial charge is 0.143 e. The van der Waals surface area contributed by atoms with E-state index in [0.29, 0.717) is 0 Å². The molecule has 2 heterocycles. The van der Waals surface area contributed by atoms with Crippen LogP contribution in [0.3, 0.4) is 0 Å².